The quantitative estimate of drug-likeness (QED) is 0.500. The fraction of sp³-hybridized carbons (Fsp3) is 0.414. The van der Waals surface area contributed by atoms with Crippen molar-refractivity contribution in [3.63, 3.8) is 0 Å². The van der Waals surface area contributed by atoms with Crippen LogP contribution in [0.1, 0.15) is 66.3 Å². The molecule has 5 rings (SSSR count). The van der Waals surface area contributed by atoms with E-state index < -0.39 is 0 Å². The summed E-state index contributed by atoms with van der Waals surface area (Å²) in [4.78, 5) is 15.9. The van der Waals surface area contributed by atoms with Crippen LogP contribution in [0.4, 0.5) is 0 Å². The third-order valence-electron chi connectivity index (χ3n) is 7.22. The Bertz CT molecular complexity index is 1050. The number of nitrogens with one attached hydrogen (secondary N) is 1. The number of piperidine rings is 1. The summed E-state index contributed by atoms with van der Waals surface area (Å²) in [6.45, 7) is 3.37. The average molecular weight is 442 g/mol. The molecule has 2 aliphatic rings. The maximum absolute atomic E-state index is 13.3. The van der Waals surface area contributed by atoms with Crippen molar-refractivity contribution in [1.82, 2.24) is 14.8 Å². The fourth-order valence-electron chi connectivity index (χ4n) is 5.49. The van der Waals surface area contributed by atoms with Crippen LogP contribution in [0, 0.1) is 0 Å². The van der Waals surface area contributed by atoms with E-state index in [0.29, 0.717) is 0 Å². The van der Waals surface area contributed by atoms with Crippen molar-refractivity contribution >= 4 is 5.91 Å². The van der Waals surface area contributed by atoms with Gasteiger partial charge in [-0.05, 0) is 87.4 Å². The van der Waals surface area contributed by atoms with E-state index in [0.717, 1.165) is 31.4 Å². The standard InChI is InChI=1S/C29H35N3O/c33-29(24-14-6-2-7-15-24)30-28(18-21-31-19-10-3-11-20-31)32-26-17-9-8-16-25(26)22-27(32)23-12-4-1-5-13-23/h1-2,4-7,12-15,22,28H,3,8-11,16-21H2,(H,30,33). The Morgan fingerprint density at radius 3 is 2.30 bits per heavy atom. The number of aromatic nitrogens is 1. The van der Waals surface area contributed by atoms with E-state index in [2.05, 4.69) is 51.2 Å². The second kappa shape index (κ2) is 10.4. The lowest BCUT2D eigenvalue weighted by molar-refractivity contribution is 0.0908. The van der Waals surface area contributed by atoms with E-state index in [4.69, 9.17) is 0 Å². The van der Waals surface area contributed by atoms with Crippen LogP contribution in [0.5, 0.6) is 0 Å². The monoisotopic (exact) mass is 441 g/mol. The Kier molecular flexibility index (Phi) is 6.92. The van der Waals surface area contributed by atoms with Crippen molar-refractivity contribution in [1.29, 1.82) is 0 Å². The number of amides is 1. The molecule has 4 heteroatoms. The highest BCUT2D eigenvalue weighted by molar-refractivity contribution is 5.94. The molecule has 1 aromatic heterocycles. The third-order valence-corrected chi connectivity index (χ3v) is 7.22. The Labute approximate surface area is 197 Å². The van der Waals surface area contributed by atoms with E-state index in [-0.39, 0.29) is 12.1 Å². The molecule has 2 heterocycles. The highest BCUT2D eigenvalue weighted by Gasteiger charge is 2.26. The number of hydrogen-bond acceptors (Lipinski definition) is 2. The first kappa shape index (κ1) is 22.0. The Balaban J connectivity index is 1.50. The number of likely N-dealkylation sites (tertiary alicyclic amines) is 1. The number of fused-ring (bicyclic) bond motifs is 1. The Morgan fingerprint density at radius 1 is 0.848 bits per heavy atom. The maximum Gasteiger partial charge on any atom is 0.252 e. The van der Waals surface area contributed by atoms with Gasteiger partial charge >= 0.3 is 0 Å². The fourth-order valence-corrected chi connectivity index (χ4v) is 5.49. The number of hydrogen-bond donors (Lipinski definition) is 1. The van der Waals surface area contributed by atoms with Gasteiger partial charge in [0, 0.05) is 17.8 Å². The van der Waals surface area contributed by atoms with Crippen LogP contribution in [0.25, 0.3) is 11.3 Å². The van der Waals surface area contributed by atoms with Crippen LogP contribution in [-0.4, -0.2) is 35.0 Å². The van der Waals surface area contributed by atoms with Gasteiger partial charge in [-0.1, -0.05) is 55.0 Å². The second-order valence-electron chi connectivity index (χ2n) is 9.49. The van der Waals surface area contributed by atoms with Gasteiger partial charge in [0.2, 0.25) is 0 Å². The molecule has 1 aliphatic heterocycles. The zero-order chi connectivity index (χ0) is 22.5. The van der Waals surface area contributed by atoms with Crippen LogP contribution in [0.15, 0.2) is 66.7 Å². The molecule has 1 N–H and O–H groups in total. The first-order chi connectivity index (χ1) is 16.3. The van der Waals surface area contributed by atoms with Crippen LogP contribution in [0.2, 0.25) is 0 Å². The predicted molar refractivity (Wildman–Crippen MR) is 134 cm³/mol. The minimum atomic E-state index is -0.0586. The van der Waals surface area contributed by atoms with Gasteiger partial charge < -0.3 is 14.8 Å². The van der Waals surface area contributed by atoms with Crippen molar-refractivity contribution < 1.29 is 4.79 Å². The molecule has 1 fully saturated rings. The zero-order valence-electron chi connectivity index (χ0n) is 19.5. The molecule has 0 radical (unpaired) electrons. The summed E-state index contributed by atoms with van der Waals surface area (Å²) in [7, 11) is 0. The highest BCUT2D eigenvalue weighted by atomic mass is 16.1. The van der Waals surface area contributed by atoms with Crippen LogP contribution < -0.4 is 5.32 Å². The highest BCUT2D eigenvalue weighted by Crippen LogP contribution is 2.34. The summed E-state index contributed by atoms with van der Waals surface area (Å²) < 4.78 is 2.47. The molecule has 2 aromatic carbocycles. The third kappa shape index (κ3) is 5.06. The van der Waals surface area contributed by atoms with Gasteiger partial charge in [0.05, 0.1) is 5.69 Å². The molecular formula is C29H35N3O. The van der Waals surface area contributed by atoms with E-state index in [1.165, 1.54) is 67.7 Å². The topological polar surface area (TPSA) is 37.3 Å². The normalized spacial score (nSPS) is 17.3. The predicted octanol–water partition coefficient (Wildman–Crippen LogP) is 5.84. The van der Waals surface area contributed by atoms with Gasteiger partial charge in [-0.25, -0.2) is 0 Å². The molecular weight excluding hydrogens is 406 g/mol. The first-order valence-electron chi connectivity index (χ1n) is 12.7. The summed E-state index contributed by atoms with van der Waals surface area (Å²) in [6.07, 6.45) is 9.46. The van der Waals surface area contributed by atoms with Crippen LogP contribution >= 0.6 is 0 Å². The number of carbonyl (C=O) groups is 1. The lowest BCUT2D eigenvalue weighted by atomic mass is 9.98. The van der Waals surface area contributed by atoms with Gasteiger partial charge in [-0.15, -0.1) is 0 Å². The summed E-state index contributed by atoms with van der Waals surface area (Å²) in [5.41, 5.74) is 6.06. The lowest BCUT2D eigenvalue weighted by Gasteiger charge is -2.31. The molecule has 1 amide bonds. The largest absolute Gasteiger partial charge is 0.331 e. The summed E-state index contributed by atoms with van der Waals surface area (Å²) >= 11 is 0. The summed E-state index contributed by atoms with van der Waals surface area (Å²) in [5.74, 6) is 0.0107. The molecule has 3 aromatic rings. The Hall–Kier alpha value is -2.85. The number of carbonyl (C=O) groups excluding carboxylic acids is 1. The average Bonchev–Trinajstić information content (AvgIpc) is 3.28. The lowest BCUT2D eigenvalue weighted by Crippen LogP contribution is -2.38. The van der Waals surface area contributed by atoms with Crippen molar-refractivity contribution in [2.24, 2.45) is 0 Å². The molecule has 1 saturated heterocycles. The van der Waals surface area contributed by atoms with Gasteiger partial charge in [-0.3, -0.25) is 4.79 Å². The molecule has 1 unspecified atom stereocenters. The molecule has 4 nitrogen and oxygen atoms in total. The minimum Gasteiger partial charge on any atom is -0.331 e. The van der Waals surface area contributed by atoms with E-state index in [1.54, 1.807) is 0 Å². The van der Waals surface area contributed by atoms with Crippen LogP contribution in [0.3, 0.4) is 0 Å². The molecule has 33 heavy (non-hydrogen) atoms. The van der Waals surface area contributed by atoms with Gasteiger partial charge in [-0.2, -0.15) is 0 Å². The van der Waals surface area contributed by atoms with Crippen molar-refractivity contribution in [2.75, 3.05) is 19.6 Å². The molecule has 172 valence electrons. The zero-order valence-corrected chi connectivity index (χ0v) is 19.5. The van der Waals surface area contributed by atoms with Crippen molar-refractivity contribution in [2.45, 2.75) is 57.5 Å². The van der Waals surface area contributed by atoms with E-state index in [1.807, 2.05) is 30.3 Å². The molecule has 1 atom stereocenters. The SMILES string of the molecule is O=C(NC(CCN1CCCCC1)n1c(-c2ccccc2)cc2c1CCCC2)c1ccccc1. The molecule has 0 bridgehead atoms. The van der Waals surface area contributed by atoms with Gasteiger partial charge in [0.1, 0.15) is 6.17 Å². The number of aryl methyl sites for hydroxylation is 1. The number of benzene rings is 2. The van der Waals surface area contributed by atoms with Crippen molar-refractivity contribution in [3.05, 3.63) is 83.6 Å². The van der Waals surface area contributed by atoms with E-state index >= 15 is 0 Å². The van der Waals surface area contributed by atoms with E-state index in [9.17, 15) is 4.79 Å². The van der Waals surface area contributed by atoms with Gasteiger partial charge in [0.25, 0.3) is 5.91 Å². The summed E-state index contributed by atoms with van der Waals surface area (Å²) in [6, 6.07) is 22.7. The summed E-state index contributed by atoms with van der Waals surface area (Å²) in [5, 5.41) is 3.43. The maximum atomic E-state index is 13.3. The van der Waals surface area contributed by atoms with Gasteiger partial charge in [0.15, 0.2) is 0 Å². The number of nitrogens with zero attached hydrogens (tertiary/aromatic N) is 2. The van der Waals surface area contributed by atoms with Crippen LogP contribution in [-0.2, 0) is 12.8 Å². The molecule has 0 spiro atoms. The van der Waals surface area contributed by atoms with Crippen molar-refractivity contribution in [3.8, 4) is 11.3 Å². The number of rotatable bonds is 7. The Morgan fingerprint density at radius 2 is 1.55 bits per heavy atom. The molecule has 1 aliphatic carbocycles. The minimum absolute atomic E-state index is 0.0107. The smallest absolute Gasteiger partial charge is 0.252 e. The first-order valence-corrected chi connectivity index (χ1v) is 12.7. The second-order valence-corrected chi connectivity index (χ2v) is 9.49. The molecule has 0 saturated carbocycles.